The van der Waals surface area contributed by atoms with E-state index in [1.807, 2.05) is 0 Å². The molecule has 0 bridgehead atoms. The number of halogens is 2. The van der Waals surface area contributed by atoms with E-state index in [9.17, 15) is 14.3 Å². The first-order valence-electron chi connectivity index (χ1n) is 4.90. The average Bonchev–Trinajstić information content (AvgIpc) is 3.04. The Bertz CT molecular complexity index is 522. The van der Waals surface area contributed by atoms with Gasteiger partial charge in [-0.2, -0.15) is 4.99 Å². The maximum atomic E-state index is 14.1. The topological polar surface area (TPSA) is 58.9 Å². The molecule has 1 fully saturated rings. The van der Waals surface area contributed by atoms with Gasteiger partial charge in [0, 0.05) is 6.07 Å². The predicted octanol–water partition coefficient (Wildman–Crippen LogP) is 2.63. The number of ether oxygens (including phenoxy) is 1. The summed E-state index contributed by atoms with van der Waals surface area (Å²) in [7, 11) is 1.33. The minimum atomic E-state index is -0.932. The minimum absolute atomic E-state index is 0.0159. The monoisotopic (exact) mass is 301 g/mol. The first-order chi connectivity index (χ1) is 8.05. The van der Waals surface area contributed by atoms with Crippen LogP contribution in [0.4, 0.5) is 4.39 Å². The number of aromatic hydroxyl groups is 1. The Morgan fingerprint density at radius 3 is 2.76 bits per heavy atom. The van der Waals surface area contributed by atoms with Crippen molar-refractivity contribution in [2.45, 2.75) is 18.4 Å². The summed E-state index contributed by atoms with van der Waals surface area (Å²) in [4.78, 5) is 14.0. The number of aliphatic imine (C=N–C) groups is 1. The zero-order valence-electron chi connectivity index (χ0n) is 8.96. The number of methoxy groups -OCH3 is 1. The summed E-state index contributed by atoms with van der Waals surface area (Å²) < 4.78 is 19.2. The van der Waals surface area contributed by atoms with Crippen LogP contribution in [0.25, 0.3) is 0 Å². The van der Waals surface area contributed by atoms with Crippen LogP contribution in [0.15, 0.2) is 15.5 Å². The van der Waals surface area contributed by atoms with E-state index in [-0.39, 0.29) is 21.5 Å². The summed E-state index contributed by atoms with van der Waals surface area (Å²) in [5, 5.41) is 9.69. The molecule has 0 radical (unpaired) electrons. The van der Waals surface area contributed by atoms with Crippen molar-refractivity contribution in [1.82, 2.24) is 0 Å². The molecule has 6 heteroatoms. The molecule has 0 atom stereocenters. The molecule has 1 N–H and O–H groups in total. The molecule has 0 saturated heterocycles. The zero-order valence-corrected chi connectivity index (χ0v) is 10.5. The molecule has 0 amide bonds. The van der Waals surface area contributed by atoms with Gasteiger partial charge in [0.15, 0.2) is 11.5 Å². The van der Waals surface area contributed by atoms with Gasteiger partial charge in [-0.3, -0.25) is 0 Å². The molecular formula is C11H9BrFNO3. The Labute approximate surface area is 105 Å². The third kappa shape index (κ3) is 1.83. The molecule has 1 saturated carbocycles. The molecule has 17 heavy (non-hydrogen) atoms. The number of carbonyl (C=O) groups excluding carboxylic acids is 1. The number of hydrogen-bond donors (Lipinski definition) is 1. The highest BCUT2D eigenvalue weighted by Crippen LogP contribution is 2.55. The standard InChI is InChI=1S/C11H9BrFNO3/c1-17-10-7(16)4-6(12)9(13)8(10)11(2-3-11)14-5-15/h4,16H,2-3H2,1H3. The lowest BCUT2D eigenvalue weighted by Crippen LogP contribution is -2.09. The molecule has 0 unspecified atom stereocenters. The van der Waals surface area contributed by atoms with Crippen LogP contribution in [-0.2, 0) is 10.3 Å². The fourth-order valence-electron chi connectivity index (χ4n) is 1.84. The van der Waals surface area contributed by atoms with Crippen LogP contribution in [-0.4, -0.2) is 18.3 Å². The van der Waals surface area contributed by atoms with Gasteiger partial charge in [0.25, 0.3) is 0 Å². The lowest BCUT2D eigenvalue weighted by atomic mass is 10.0. The maximum absolute atomic E-state index is 14.1. The summed E-state index contributed by atoms with van der Waals surface area (Å²) in [6.07, 6.45) is 2.51. The molecule has 4 nitrogen and oxygen atoms in total. The maximum Gasteiger partial charge on any atom is 0.235 e. The highest BCUT2D eigenvalue weighted by Gasteiger charge is 2.50. The van der Waals surface area contributed by atoms with Gasteiger partial charge in [-0.15, -0.1) is 0 Å². The number of nitrogens with zero attached hydrogens (tertiary/aromatic N) is 1. The van der Waals surface area contributed by atoms with Gasteiger partial charge < -0.3 is 9.84 Å². The number of benzene rings is 1. The van der Waals surface area contributed by atoms with Gasteiger partial charge >= 0.3 is 0 Å². The Morgan fingerprint density at radius 1 is 1.65 bits per heavy atom. The van der Waals surface area contributed by atoms with E-state index in [2.05, 4.69) is 20.9 Å². The van der Waals surface area contributed by atoms with E-state index < -0.39 is 11.4 Å². The first kappa shape index (κ1) is 12.1. The van der Waals surface area contributed by atoms with Crippen molar-refractivity contribution in [2.75, 3.05) is 7.11 Å². The first-order valence-corrected chi connectivity index (χ1v) is 5.69. The number of rotatable bonds is 3. The number of phenols is 1. The molecule has 1 aromatic carbocycles. The van der Waals surface area contributed by atoms with Crippen molar-refractivity contribution in [3.05, 3.63) is 21.9 Å². The van der Waals surface area contributed by atoms with Crippen molar-refractivity contribution >= 4 is 22.0 Å². The second kappa shape index (κ2) is 4.13. The molecular weight excluding hydrogens is 293 g/mol. The van der Waals surface area contributed by atoms with Crippen LogP contribution in [0, 0.1) is 5.82 Å². The van der Waals surface area contributed by atoms with Gasteiger partial charge in [0.1, 0.15) is 11.4 Å². The van der Waals surface area contributed by atoms with Crippen LogP contribution in [0.3, 0.4) is 0 Å². The molecule has 0 heterocycles. The van der Waals surface area contributed by atoms with E-state index in [4.69, 9.17) is 4.74 Å². The van der Waals surface area contributed by atoms with E-state index in [1.54, 1.807) is 0 Å². The van der Waals surface area contributed by atoms with Crippen molar-refractivity contribution in [3.8, 4) is 11.5 Å². The quantitative estimate of drug-likeness (QED) is 0.690. The summed E-state index contributed by atoms with van der Waals surface area (Å²) in [5.41, 5.74) is -0.825. The predicted molar refractivity (Wildman–Crippen MR) is 61.4 cm³/mol. The fourth-order valence-corrected chi connectivity index (χ4v) is 2.26. The number of isocyanates is 1. The highest BCUT2D eigenvalue weighted by molar-refractivity contribution is 9.10. The lowest BCUT2D eigenvalue weighted by Gasteiger charge is -2.16. The molecule has 0 spiro atoms. The van der Waals surface area contributed by atoms with Crippen LogP contribution in [0.2, 0.25) is 0 Å². The molecule has 1 aliphatic carbocycles. The minimum Gasteiger partial charge on any atom is -0.504 e. The fraction of sp³-hybridized carbons (Fsp3) is 0.364. The Hall–Kier alpha value is -1.39. The van der Waals surface area contributed by atoms with E-state index in [0.717, 1.165) is 0 Å². The van der Waals surface area contributed by atoms with E-state index in [0.29, 0.717) is 12.8 Å². The second-order valence-corrected chi connectivity index (χ2v) is 4.69. The smallest absolute Gasteiger partial charge is 0.235 e. The zero-order chi connectivity index (χ0) is 12.6. The third-order valence-corrected chi connectivity index (χ3v) is 3.38. The summed E-state index contributed by atoms with van der Waals surface area (Å²) in [6.45, 7) is 0. The van der Waals surface area contributed by atoms with Gasteiger partial charge in [-0.05, 0) is 28.8 Å². The van der Waals surface area contributed by atoms with Crippen molar-refractivity contribution < 1.29 is 19.0 Å². The summed E-state index contributed by atoms with van der Waals surface area (Å²) in [5.74, 6) is -0.749. The Kier molecular flexibility index (Phi) is 2.93. The van der Waals surface area contributed by atoms with Crippen LogP contribution in [0.1, 0.15) is 18.4 Å². The molecule has 1 aliphatic rings. The van der Waals surface area contributed by atoms with Gasteiger partial charge in [-0.25, -0.2) is 9.18 Å². The highest BCUT2D eigenvalue weighted by atomic mass is 79.9. The summed E-state index contributed by atoms with van der Waals surface area (Å²) in [6, 6.07) is 1.21. The van der Waals surface area contributed by atoms with E-state index in [1.165, 1.54) is 19.3 Å². The largest absolute Gasteiger partial charge is 0.504 e. The van der Waals surface area contributed by atoms with Crippen LogP contribution < -0.4 is 4.74 Å². The molecule has 2 rings (SSSR count). The SMILES string of the molecule is COc1c(O)cc(Br)c(F)c1C1(N=C=O)CC1. The van der Waals surface area contributed by atoms with E-state index >= 15 is 0 Å². The van der Waals surface area contributed by atoms with Crippen molar-refractivity contribution in [1.29, 1.82) is 0 Å². The second-order valence-electron chi connectivity index (χ2n) is 3.83. The summed E-state index contributed by atoms with van der Waals surface area (Å²) >= 11 is 3.00. The molecule has 0 aromatic heterocycles. The molecule has 0 aliphatic heterocycles. The van der Waals surface area contributed by atoms with Gasteiger partial charge in [0.05, 0.1) is 17.1 Å². The Morgan fingerprint density at radius 2 is 2.29 bits per heavy atom. The van der Waals surface area contributed by atoms with Gasteiger partial charge in [-0.1, -0.05) is 0 Å². The Balaban J connectivity index is 2.71. The van der Waals surface area contributed by atoms with Crippen molar-refractivity contribution in [2.24, 2.45) is 4.99 Å². The van der Waals surface area contributed by atoms with Crippen molar-refractivity contribution in [3.63, 3.8) is 0 Å². The lowest BCUT2D eigenvalue weighted by molar-refractivity contribution is 0.358. The number of hydrogen-bond acceptors (Lipinski definition) is 4. The average molecular weight is 302 g/mol. The molecule has 1 aromatic rings. The van der Waals surface area contributed by atoms with Gasteiger partial charge in [0.2, 0.25) is 6.08 Å². The van der Waals surface area contributed by atoms with Crippen LogP contribution in [0.5, 0.6) is 11.5 Å². The molecule has 90 valence electrons. The third-order valence-electron chi connectivity index (χ3n) is 2.81. The number of phenolic OH excluding ortho intramolecular Hbond substituents is 1. The normalized spacial score (nSPS) is 16.2. The van der Waals surface area contributed by atoms with Crippen LogP contribution >= 0.6 is 15.9 Å².